The molecule has 1 aliphatic carbocycles. The van der Waals surface area contributed by atoms with E-state index in [1.54, 1.807) is 17.4 Å². The number of benzene rings is 1. The van der Waals surface area contributed by atoms with Crippen LogP contribution in [0.3, 0.4) is 0 Å². The lowest BCUT2D eigenvalue weighted by Crippen LogP contribution is -2.48. The molecule has 0 spiro atoms. The van der Waals surface area contributed by atoms with Crippen LogP contribution in [0.4, 0.5) is 18.9 Å². The highest BCUT2D eigenvalue weighted by Crippen LogP contribution is 2.36. The van der Waals surface area contributed by atoms with Crippen molar-refractivity contribution in [1.82, 2.24) is 25.1 Å². The highest BCUT2D eigenvalue weighted by atomic mass is 32.1. The van der Waals surface area contributed by atoms with E-state index in [1.165, 1.54) is 36.3 Å². The van der Waals surface area contributed by atoms with Gasteiger partial charge in [-0.25, -0.2) is 4.68 Å². The highest BCUT2D eigenvalue weighted by Gasteiger charge is 2.34. The van der Waals surface area contributed by atoms with Crippen molar-refractivity contribution in [1.29, 1.82) is 0 Å². The molecule has 1 atom stereocenters. The fraction of sp³-hybridized carbons (Fsp3) is 0.522. The predicted octanol–water partition coefficient (Wildman–Crippen LogP) is 5.17. The van der Waals surface area contributed by atoms with Crippen molar-refractivity contribution in [2.45, 2.75) is 50.4 Å². The average molecular weight is 477 g/mol. The summed E-state index contributed by atoms with van der Waals surface area (Å²) in [5, 5.41) is 15.0. The normalized spacial score (nSPS) is 19.7. The van der Waals surface area contributed by atoms with E-state index in [2.05, 4.69) is 31.9 Å². The molecule has 5 rings (SSSR count). The minimum absolute atomic E-state index is 0.0504. The van der Waals surface area contributed by atoms with Crippen LogP contribution >= 0.6 is 11.3 Å². The lowest BCUT2D eigenvalue weighted by molar-refractivity contribution is -0.137. The zero-order valence-electron chi connectivity index (χ0n) is 18.3. The summed E-state index contributed by atoms with van der Waals surface area (Å²) >= 11 is 1.69. The number of hydrogen-bond acceptors (Lipinski definition) is 6. The number of thiophene rings is 1. The minimum atomic E-state index is -4.34. The number of piperazine rings is 1. The monoisotopic (exact) mass is 476 g/mol. The van der Waals surface area contributed by atoms with Crippen LogP contribution in [-0.2, 0) is 6.18 Å². The molecule has 33 heavy (non-hydrogen) atoms. The third-order valence-electron chi connectivity index (χ3n) is 6.71. The van der Waals surface area contributed by atoms with E-state index < -0.39 is 11.7 Å². The molecule has 0 radical (unpaired) electrons. The number of halogens is 3. The molecule has 2 aromatic heterocycles. The third-order valence-corrected chi connectivity index (χ3v) is 7.64. The quantitative estimate of drug-likeness (QED) is 0.509. The molecule has 3 heterocycles. The second-order valence-electron chi connectivity index (χ2n) is 8.76. The summed E-state index contributed by atoms with van der Waals surface area (Å²) < 4.78 is 41.5. The van der Waals surface area contributed by atoms with Gasteiger partial charge >= 0.3 is 6.18 Å². The van der Waals surface area contributed by atoms with Gasteiger partial charge in [0.25, 0.3) is 0 Å². The Morgan fingerprint density at radius 1 is 0.970 bits per heavy atom. The number of alkyl halides is 3. The van der Waals surface area contributed by atoms with Crippen molar-refractivity contribution < 1.29 is 13.2 Å². The molecule has 2 fully saturated rings. The summed E-state index contributed by atoms with van der Waals surface area (Å²) in [7, 11) is 0. The lowest BCUT2D eigenvalue weighted by atomic mass is 9.95. The Morgan fingerprint density at radius 3 is 2.45 bits per heavy atom. The predicted molar refractivity (Wildman–Crippen MR) is 121 cm³/mol. The Kier molecular flexibility index (Phi) is 6.38. The Bertz CT molecular complexity index is 1040. The number of nitrogens with zero attached hydrogens (tertiary/aromatic N) is 6. The molecule has 0 bridgehead atoms. The smallest absolute Gasteiger partial charge is 0.369 e. The van der Waals surface area contributed by atoms with Crippen molar-refractivity contribution >= 4 is 17.0 Å². The highest BCUT2D eigenvalue weighted by molar-refractivity contribution is 7.10. The molecule has 1 saturated carbocycles. The Hall–Kier alpha value is -2.46. The molecule has 0 unspecified atom stereocenters. The summed E-state index contributed by atoms with van der Waals surface area (Å²) in [4.78, 5) is 5.58. The maximum absolute atomic E-state index is 13.2. The van der Waals surface area contributed by atoms with E-state index in [-0.39, 0.29) is 6.04 Å². The molecule has 0 amide bonds. The molecule has 6 nitrogen and oxygen atoms in total. The number of anilines is 1. The summed E-state index contributed by atoms with van der Waals surface area (Å²) in [6.07, 6.45) is 1.52. The first-order chi connectivity index (χ1) is 16.0. The van der Waals surface area contributed by atoms with Crippen molar-refractivity contribution in [3.63, 3.8) is 0 Å². The zero-order valence-corrected chi connectivity index (χ0v) is 19.1. The van der Waals surface area contributed by atoms with Crippen molar-refractivity contribution in [3.8, 4) is 0 Å². The van der Waals surface area contributed by atoms with Gasteiger partial charge in [-0.1, -0.05) is 31.4 Å². The Balaban J connectivity index is 1.36. The second kappa shape index (κ2) is 9.42. The standard InChI is InChI=1S/C23H27F3N6S/c24-23(25,26)17-6-4-9-19(16-17)30-11-13-31(14-12-30)21(20-10-5-15-33-20)22-27-28-29-32(22)18-7-2-1-3-8-18/h4-6,9-10,15-16,18,21H,1-3,7-8,11-14H2/t21-/m0/s1. The van der Waals surface area contributed by atoms with E-state index in [9.17, 15) is 13.2 Å². The fourth-order valence-corrected chi connectivity index (χ4v) is 5.86. The Labute approximate surface area is 195 Å². The van der Waals surface area contributed by atoms with Crippen molar-refractivity contribution in [2.24, 2.45) is 0 Å². The second-order valence-corrected chi connectivity index (χ2v) is 9.74. The van der Waals surface area contributed by atoms with Crippen LogP contribution in [-0.4, -0.2) is 51.3 Å². The number of tetrazole rings is 1. The number of rotatable bonds is 5. The van der Waals surface area contributed by atoms with E-state index in [0.29, 0.717) is 24.8 Å². The molecule has 1 aliphatic heterocycles. The van der Waals surface area contributed by atoms with Gasteiger partial charge in [0.2, 0.25) is 0 Å². The third kappa shape index (κ3) is 4.77. The van der Waals surface area contributed by atoms with E-state index in [4.69, 9.17) is 0 Å². The van der Waals surface area contributed by atoms with E-state index >= 15 is 0 Å². The topological polar surface area (TPSA) is 50.1 Å². The maximum Gasteiger partial charge on any atom is 0.416 e. The molecule has 3 aromatic rings. The van der Waals surface area contributed by atoms with Gasteiger partial charge in [0.1, 0.15) is 6.04 Å². The fourth-order valence-electron chi connectivity index (χ4n) is 5.00. The van der Waals surface area contributed by atoms with Crippen LogP contribution in [0.25, 0.3) is 0 Å². The van der Waals surface area contributed by atoms with Gasteiger partial charge in [-0.15, -0.1) is 16.4 Å². The SMILES string of the molecule is FC(F)(F)c1cccc(N2CCN([C@@H](c3cccs3)c3nnnn3C3CCCCC3)CC2)c1. The van der Waals surface area contributed by atoms with Crippen LogP contribution in [0.5, 0.6) is 0 Å². The summed E-state index contributed by atoms with van der Waals surface area (Å²) in [5.74, 6) is 0.872. The van der Waals surface area contributed by atoms with Gasteiger partial charge in [0.15, 0.2) is 5.82 Å². The molecule has 2 aliphatic rings. The zero-order chi connectivity index (χ0) is 22.8. The summed E-state index contributed by atoms with van der Waals surface area (Å²) in [6.45, 7) is 2.73. The van der Waals surface area contributed by atoms with Gasteiger partial charge in [-0.05, 0) is 52.9 Å². The number of aromatic nitrogens is 4. The van der Waals surface area contributed by atoms with Gasteiger partial charge in [0.05, 0.1) is 11.6 Å². The van der Waals surface area contributed by atoms with Crippen LogP contribution in [0, 0.1) is 0 Å². The molecular weight excluding hydrogens is 449 g/mol. The molecule has 176 valence electrons. The van der Waals surface area contributed by atoms with Gasteiger partial charge in [-0.3, -0.25) is 4.90 Å². The van der Waals surface area contributed by atoms with Gasteiger partial charge in [-0.2, -0.15) is 13.2 Å². The van der Waals surface area contributed by atoms with E-state index in [0.717, 1.165) is 37.8 Å². The molecule has 10 heteroatoms. The van der Waals surface area contributed by atoms with Gasteiger partial charge < -0.3 is 4.90 Å². The molecule has 1 aromatic carbocycles. The lowest BCUT2D eigenvalue weighted by Gasteiger charge is -2.40. The van der Waals surface area contributed by atoms with Crippen molar-refractivity contribution in [3.05, 3.63) is 58.0 Å². The van der Waals surface area contributed by atoms with Crippen molar-refractivity contribution in [2.75, 3.05) is 31.1 Å². The van der Waals surface area contributed by atoms with E-state index in [1.807, 2.05) is 15.6 Å². The minimum Gasteiger partial charge on any atom is -0.369 e. The molecular formula is C23H27F3N6S. The summed E-state index contributed by atoms with van der Waals surface area (Å²) in [5.41, 5.74) is 0.00902. The van der Waals surface area contributed by atoms with Crippen LogP contribution in [0.2, 0.25) is 0 Å². The first kappa shape index (κ1) is 22.3. The molecule has 1 saturated heterocycles. The summed E-state index contributed by atoms with van der Waals surface area (Å²) in [6, 6.07) is 10.0. The first-order valence-corrected chi connectivity index (χ1v) is 12.4. The largest absolute Gasteiger partial charge is 0.416 e. The average Bonchev–Trinajstić information content (AvgIpc) is 3.53. The Morgan fingerprint density at radius 2 is 1.76 bits per heavy atom. The van der Waals surface area contributed by atoms with Gasteiger partial charge in [0, 0.05) is 36.7 Å². The van der Waals surface area contributed by atoms with Crippen LogP contribution in [0.1, 0.15) is 60.5 Å². The van der Waals surface area contributed by atoms with Crippen LogP contribution in [0.15, 0.2) is 41.8 Å². The maximum atomic E-state index is 13.2. The number of hydrogen-bond donors (Lipinski definition) is 0. The van der Waals surface area contributed by atoms with Crippen LogP contribution < -0.4 is 4.90 Å². The first-order valence-electron chi connectivity index (χ1n) is 11.5. The molecule has 0 N–H and O–H groups in total.